The van der Waals surface area contributed by atoms with Crippen LogP contribution in [0.2, 0.25) is 0 Å². The van der Waals surface area contributed by atoms with Crippen molar-refractivity contribution in [3.05, 3.63) is 113 Å². The molecular formula is C36H35NO7S3. The van der Waals surface area contributed by atoms with Crippen LogP contribution in [0.3, 0.4) is 0 Å². The zero-order valence-corrected chi connectivity index (χ0v) is 28.2. The van der Waals surface area contributed by atoms with Gasteiger partial charge in [0.05, 0.1) is 22.2 Å². The molecule has 0 spiro atoms. The van der Waals surface area contributed by atoms with Crippen LogP contribution in [0.1, 0.15) is 37.5 Å². The molecule has 1 aliphatic heterocycles. The number of furan rings is 1. The standard InChI is InChI=1S/C36H35NO7S3/c1-2-25(22-33-30(14-8-20-46(38,39)40)36-29-13-7-6-12-27(29)15-17-32(36)44-33)23-35-37(19-9-21-47(41,42)43)31-24-28(16-18-34(31)45-35)26-10-4-3-5-11-26/h3-7,10-13,15-18,22-24H,2,8-9,14,19-21H2,1H3,(H,38,39,40)(H,41,42,43)/b25-22+,35-23-. The molecule has 5 aromatic rings. The van der Waals surface area contributed by atoms with Crippen molar-refractivity contribution in [2.45, 2.75) is 37.5 Å². The number of aryl methyl sites for hydroxylation is 1. The molecule has 0 saturated carbocycles. The van der Waals surface area contributed by atoms with Crippen molar-refractivity contribution in [1.82, 2.24) is 0 Å². The first-order valence-corrected chi connectivity index (χ1v) is 19.4. The highest BCUT2D eigenvalue weighted by Crippen LogP contribution is 2.48. The third-order valence-corrected chi connectivity index (χ3v) is 10.9. The molecule has 0 bridgehead atoms. The Hall–Kier alpha value is -3.87. The van der Waals surface area contributed by atoms with Crippen molar-refractivity contribution in [3.63, 3.8) is 0 Å². The lowest BCUT2D eigenvalue weighted by Crippen LogP contribution is -2.21. The van der Waals surface area contributed by atoms with Gasteiger partial charge in [0.25, 0.3) is 20.2 Å². The third-order valence-electron chi connectivity index (χ3n) is 8.19. The van der Waals surface area contributed by atoms with Crippen LogP contribution < -0.4 is 4.90 Å². The molecule has 6 rings (SSSR count). The Balaban J connectivity index is 1.41. The molecule has 0 radical (unpaired) electrons. The largest absolute Gasteiger partial charge is 0.456 e. The van der Waals surface area contributed by atoms with Gasteiger partial charge in [-0.15, -0.1) is 0 Å². The summed E-state index contributed by atoms with van der Waals surface area (Å²) < 4.78 is 71.5. The molecule has 244 valence electrons. The number of hydrogen-bond donors (Lipinski definition) is 2. The zero-order valence-electron chi connectivity index (χ0n) is 25.8. The molecule has 8 nitrogen and oxygen atoms in total. The number of benzene rings is 4. The van der Waals surface area contributed by atoms with E-state index in [4.69, 9.17) is 4.42 Å². The van der Waals surface area contributed by atoms with Gasteiger partial charge >= 0.3 is 0 Å². The van der Waals surface area contributed by atoms with Gasteiger partial charge in [-0.3, -0.25) is 9.11 Å². The van der Waals surface area contributed by atoms with Crippen LogP contribution in [0.5, 0.6) is 0 Å². The van der Waals surface area contributed by atoms with Crippen LogP contribution >= 0.6 is 11.8 Å². The molecule has 2 N–H and O–H groups in total. The molecule has 0 amide bonds. The minimum Gasteiger partial charge on any atom is -0.456 e. The zero-order chi connectivity index (χ0) is 33.2. The number of anilines is 1. The van der Waals surface area contributed by atoms with Gasteiger partial charge in [-0.05, 0) is 83.5 Å². The Morgan fingerprint density at radius 1 is 0.851 bits per heavy atom. The fraction of sp³-hybridized carbons (Fsp3) is 0.222. The Kier molecular flexibility index (Phi) is 9.63. The maximum atomic E-state index is 11.6. The molecule has 0 atom stereocenters. The first kappa shape index (κ1) is 33.0. The normalized spacial score (nSPS) is 14.8. The predicted octanol–water partition coefficient (Wildman–Crippen LogP) is 8.60. The summed E-state index contributed by atoms with van der Waals surface area (Å²) in [5.74, 6) is -0.0625. The molecule has 1 aromatic heterocycles. The van der Waals surface area contributed by atoms with Gasteiger partial charge in [-0.2, -0.15) is 16.8 Å². The monoisotopic (exact) mass is 689 g/mol. The molecule has 4 aromatic carbocycles. The van der Waals surface area contributed by atoms with Crippen LogP contribution in [0, 0.1) is 0 Å². The van der Waals surface area contributed by atoms with Crippen molar-refractivity contribution in [2.75, 3.05) is 23.0 Å². The van der Waals surface area contributed by atoms with Gasteiger partial charge in [0.1, 0.15) is 11.3 Å². The lowest BCUT2D eigenvalue weighted by atomic mass is 9.99. The molecule has 11 heteroatoms. The van der Waals surface area contributed by atoms with E-state index in [0.717, 1.165) is 54.0 Å². The molecule has 0 unspecified atom stereocenters. The number of rotatable bonds is 12. The van der Waals surface area contributed by atoms with Gasteiger partial charge in [0.2, 0.25) is 0 Å². The SMILES string of the molecule is CCC(/C=C1\Sc2ccc(-c3ccccc3)cc2N1CCCS(=O)(=O)O)=C\c1oc2ccc3ccccc3c2c1CCCS(=O)(=O)O. The van der Waals surface area contributed by atoms with E-state index in [9.17, 15) is 25.9 Å². The topological polar surface area (TPSA) is 125 Å². The maximum absolute atomic E-state index is 11.6. The number of thioether (sulfide) groups is 1. The van der Waals surface area contributed by atoms with Crippen molar-refractivity contribution in [2.24, 2.45) is 0 Å². The van der Waals surface area contributed by atoms with Crippen molar-refractivity contribution in [3.8, 4) is 11.1 Å². The van der Waals surface area contributed by atoms with Crippen molar-refractivity contribution in [1.29, 1.82) is 0 Å². The minimum absolute atomic E-state index is 0.233. The van der Waals surface area contributed by atoms with E-state index < -0.39 is 20.2 Å². The second kappa shape index (κ2) is 13.7. The maximum Gasteiger partial charge on any atom is 0.264 e. The molecule has 2 heterocycles. The van der Waals surface area contributed by atoms with E-state index >= 15 is 0 Å². The quantitative estimate of drug-likeness (QED) is 0.124. The first-order chi connectivity index (χ1) is 22.5. The highest BCUT2D eigenvalue weighted by atomic mass is 32.2. The fourth-order valence-electron chi connectivity index (χ4n) is 5.97. The molecule has 0 saturated heterocycles. The summed E-state index contributed by atoms with van der Waals surface area (Å²) in [5.41, 5.74) is 5.62. The minimum atomic E-state index is -4.12. The van der Waals surface area contributed by atoms with Gasteiger partial charge in [-0.1, -0.05) is 85.4 Å². The molecular weight excluding hydrogens is 655 g/mol. The second-order valence-corrected chi connectivity index (χ2v) is 15.7. The fourth-order valence-corrected chi connectivity index (χ4v) is 8.12. The predicted molar refractivity (Wildman–Crippen MR) is 191 cm³/mol. The average Bonchev–Trinajstić information content (AvgIpc) is 3.56. The molecule has 0 aliphatic carbocycles. The summed E-state index contributed by atoms with van der Waals surface area (Å²) in [5, 5.41) is 3.90. The first-order valence-electron chi connectivity index (χ1n) is 15.4. The van der Waals surface area contributed by atoms with E-state index in [1.807, 2.05) is 79.7 Å². The van der Waals surface area contributed by atoms with Crippen LogP contribution in [-0.2, 0) is 26.7 Å². The van der Waals surface area contributed by atoms with Crippen LogP contribution in [-0.4, -0.2) is 44.0 Å². The summed E-state index contributed by atoms with van der Waals surface area (Å²) >= 11 is 1.60. The van der Waals surface area contributed by atoms with Crippen LogP contribution in [0.15, 0.2) is 111 Å². The van der Waals surface area contributed by atoms with Gasteiger partial charge < -0.3 is 9.32 Å². The van der Waals surface area contributed by atoms with Gasteiger partial charge in [0, 0.05) is 22.4 Å². The van der Waals surface area contributed by atoms with Crippen LogP contribution in [0.25, 0.3) is 38.9 Å². The summed E-state index contributed by atoms with van der Waals surface area (Å²) in [6, 6.07) is 28.2. The number of allylic oxidation sites excluding steroid dienone is 2. The van der Waals surface area contributed by atoms with E-state index in [1.54, 1.807) is 11.8 Å². The number of hydrogen-bond acceptors (Lipinski definition) is 7. The summed E-state index contributed by atoms with van der Waals surface area (Å²) in [4.78, 5) is 3.14. The lowest BCUT2D eigenvalue weighted by molar-refractivity contribution is 0.479. The van der Waals surface area contributed by atoms with E-state index in [0.29, 0.717) is 30.7 Å². The Morgan fingerprint density at radius 2 is 1.57 bits per heavy atom. The highest BCUT2D eigenvalue weighted by molar-refractivity contribution is 8.03. The smallest absolute Gasteiger partial charge is 0.264 e. The van der Waals surface area contributed by atoms with E-state index in [2.05, 4.69) is 29.2 Å². The summed E-state index contributed by atoms with van der Waals surface area (Å²) in [7, 11) is -8.23. The van der Waals surface area contributed by atoms with Gasteiger partial charge in [0.15, 0.2) is 0 Å². The summed E-state index contributed by atoms with van der Waals surface area (Å²) in [6.07, 6.45) is 5.59. The Morgan fingerprint density at radius 3 is 2.32 bits per heavy atom. The molecule has 47 heavy (non-hydrogen) atoms. The Labute approximate surface area is 279 Å². The van der Waals surface area contributed by atoms with E-state index in [-0.39, 0.29) is 24.3 Å². The average molecular weight is 690 g/mol. The lowest BCUT2D eigenvalue weighted by Gasteiger charge is -2.21. The van der Waals surface area contributed by atoms with Crippen LogP contribution in [0.4, 0.5) is 5.69 Å². The highest BCUT2D eigenvalue weighted by Gasteiger charge is 2.26. The third kappa shape index (κ3) is 7.82. The number of nitrogens with zero attached hydrogens (tertiary/aromatic N) is 1. The van der Waals surface area contributed by atoms with E-state index in [1.165, 1.54) is 0 Å². The molecule has 0 fully saturated rings. The summed E-state index contributed by atoms with van der Waals surface area (Å²) in [6.45, 7) is 2.43. The number of fused-ring (bicyclic) bond motifs is 4. The Bertz CT molecular complexity index is 2220. The van der Waals surface area contributed by atoms with Crippen molar-refractivity contribution >= 4 is 65.5 Å². The van der Waals surface area contributed by atoms with Gasteiger partial charge in [-0.25, -0.2) is 0 Å². The van der Waals surface area contributed by atoms with Crippen molar-refractivity contribution < 1.29 is 30.4 Å². The second-order valence-electron chi connectivity index (χ2n) is 11.5. The molecule has 1 aliphatic rings.